The highest BCUT2D eigenvalue weighted by atomic mass is 32.2. The minimum Gasteiger partial charge on any atom is -0.389 e. The van der Waals surface area contributed by atoms with Crippen LogP contribution in [0.2, 0.25) is 0 Å². The van der Waals surface area contributed by atoms with Gasteiger partial charge in [0.25, 0.3) is 0 Å². The van der Waals surface area contributed by atoms with Gasteiger partial charge in [-0.05, 0) is 51.1 Å². The van der Waals surface area contributed by atoms with Crippen LogP contribution < -0.4 is 0 Å². The zero-order valence-electron chi connectivity index (χ0n) is 12.9. The van der Waals surface area contributed by atoms with E-state index in [-0.39, 0.29) is 10.9 Å². The Balaban J connectivity index is 2.18. The van der Waals surface area contributed by atoms with E-state index in [1.165, 1.54) is 4.31 Å². The second-order valence-corrected chi connectivity index (χ2v) is 7.86. The Morgan fingerprint density at radius 1 is 1.48 bits per heavy atom. The Morgan fingerprint density at radius 3 is 2.76 bits per heavy atom. The predicted octanol–water partition coefficient (Wildman–Crippen LogP) is 1.45. The summed E-state index contributed by atoms with van der Waals surface area (Å²) in [4.78, 5) is 2.45. The Morgan fingerprint density at radius 2 is 2.19 bits per heavy atom. The minimum absolute atomic E-state index is 0.240. The average Bonchev–Trinajstić information content (AvgIpc) is 2.84. The molecule has 0 spiro atoms. The minimum atomic E-state index is -3.51. The lowest BCUT2D eigenvalue weighted by Gasteiger charge is -2.25. The second-order valence-electron chi connectivity index (χ2n) is 5.81. The molecule has 1 heterocycles. The van der Waals surface area contributed by atoms with Crippen LogP contribution in [-0.4, -0.2) is 56.0 Å². The van der Waals surface area contributed by atoms with Gasteiger partial charge in [0, 0.05) is 19.6 Å². The van der Waals surface area contributed by atoms with Crippen LogP contribution in [-0.2, 0) is 10.0 Å². The quantitative estimate of drug-likeness (QED) is 0.894. The van der Waals surface area contributed by atoms with E-state index in [9.17, 15) is 13.5 Å². The molecule has 1 aliphatic heterocycles. The van der Waals surface area contributed by atoms with Gasteiger partial charge in [-0.25, -0.2) is 8.42 Å². The van der Waals surface area contributed by atoms with E-state index in [0.717, 1.165) is 19.4 Å². The molecule has 6 heteroatoms. The first-order valence-electron chi connectivity index (χ1n) is 7.27. The number of likely N-dealkylation sites (tertiary alicyclic amines) is 1. The van der Waals surface area contributed by atoms with Crippen LogP contribution in [0.25, 0.3) is 0 Å². The molecule has 2 atom stereocenters. The van der Waals surface area contributed by atoms with Crippen molar-refractivity contribution in [3.63, 3.8) is 0 Å². The molecule has 1 N–H and O–H groups in total. The summed E-state index contributed by atoms with van der Waals surface area (Å²) in [5.74, 6) is 0. The first kappa shape index (κ1) is 16.4. The van der Waals surface area contributed by atoms with Gasteiger partial charge in [0.1, 0.15) is 0 Å². The first-order valence-corrected chi connectivity index (χ1v) is 8.71. The number of hydrogen-bond acceptors (Lipinski definition) is 4. The van der Waals surface area contributed by atoms with Crippen molar-refractivity contribution >= 4 is 10.0 Å². The normalized spacial score (nSPS) is 21.9. The molecule has 1 saturated heterocycles. The van der Waals surface area contributed by atoms with E-state index in [0.29, 0.717) is 12.1 Å². The Kier molecular flexibility index (Phi) is 5.03. The maximum Gasteiger partial charge on any atom is 0.242 e. The summed E-state index contributed by atoms with van der Waals surface area (Å²) in [6.45, 7) is 3.15. The Hall–Kier alpha value is -0.950. The van der Waals surface area contributed by atoms with Gasteiger partial charge in [-0.1, -0.05) is 12.1 Å². The molecule has 0 amide bonds. The summed E-state index contributed by atoms with van der Waals surface area (Å²) in [7, 11) is 0.145. The molecular formula is C15H24N2O3S. The standard InChI is InChI=1S/C15H24N2O3S/c1-12(18)13-6-4-8-15(10-13)21(19,20)17(3)11-14-7-5-9-16(14)2/h4,6,8,10,12,14,18H,5,7,9,11H2,1-3H3. The fourth-order valence-corrected chi connectivity index (χ4v) is 3.98. The fourth-order valence-electron chi connectivity index (χ4n) is 2.72. The fraction of sp³-hybridized carbons (Fsp3) is 0.600. The number of aliphatic hydroxyl groups excluding tert-OH is 1. The van der Waals surface area contributed by atoms with Crippen LogP contribution in [0.15, 0.2) is 29.2 Å². The molecular weight excluding hydrogens is 288 g/mol. The van der Waals surface area contributed by atoms with Crippen LogP contribution in [0, 0.1) is 0 Å². The van der Waals surface area contributed by atoms with Crippen LogP contribution in [0.3, 0.4) is 0 Å². The molecule has 1 aromatic rings. The van der Waals surface area contributed by atoms with Gasteiger partial charge in [-0.3, -0.25) is 0 Å². The highest BCUT2D eigenvalue weighted by Crippen LogP contribution is 2.22. The highest BCUT2D eigenvalue weighted by molar-refractivity contribution is 7.89. The van der Waals surface area contributed by atoms with E-state index in [4.69, 9.17) is 0 Å². The van der Waals surface area contributed by atoms with Crippen LogP contribution in [0.1, 0.15) is 31.4 Å². The Labute approximate surface area is 127 Å². The van der Waals surface area contributed by atoms with E-state index in [1.807, 2.05) is 7.05 Å². The molecule has 1 aromatic carbocycles. The molecule has 0 aromatic heterocycles. The summed E-state index contributed by atoms with van der Waals surface area (Å²) in [6, 6.07) is 6.81. The second kappa shape index (κ2) is 6.44. The van der Waals surface area contributed by atoms with Gasteiger partial charge in [0.15, 0.2) is 0 Å². The topological polar surface area (TPSA) is 60.9 Å². The lowest BCUT2D eigenvalue weighted by Crippen LogP contribution is -2.39. The molecule has 1 aliphatic rings. The van der Waals surface area contributed by atoms with Crippen LogP contribution in [0.5, 0.6) is 0 Å². The van der Waals surface area contributed by atoms with Crippen molar-refractivity contribution in [2.45, 2.75) is 36.8 Å². The first-order chi connectivity index (χ1) is 9.82. The zero-order chi connectivity index (χ0) is 15.6. The highest BCUT2D eigenvalue weighted by Gasteiger charge is 2.28. The van der Waals surface area contributed by atoms with Gasteiger partial charge in [-0.2, -0.15) is 4.31 Å². The molecule has 2 rings (SSSR count). The lowest BCUT2D eigenvalue weighted by atomic mass is 10.1. The van der Waals surface area contributed by atoms with Crippen molar-refractivity contribution < 1.29 is 13.5 Å². The third-order valence-corrected chi connectivity index (χ3v) is 6.01. The van der Waals surface area contributed by atoms with Crippen molar-refractivity contribution in [1.82, 2.24) is 9.21 Å². The van der Waals surface area contributed by atoms with Gasteiger partial charge < -0.3 is 10.0 Å². The number of rotatable bonds is 5. The summed E-state index contributed by atoms with van der Waals surface area (Å²) >= 11 is 0. The van der Waals surface area contributed by atoms with Gasteiger partial charge in [0.05, 0.1) is 11.0 Å². The molecule has 21 heavy (non-hydrogen) atoms. The molecule has 1 fully saturated rings. The average molecular weight is 312 g/mol. The smallest absolute Gasteiger partial charge is 0.242 e. The van der Waals surface area contributed by atoms with Crippen molar-refractivity contribution in [1.29, 1.82) is 0 Å². The summed E-state index contributed by atoms with van der Waals surface area (Å²) in [5, 5.41) is 9.60. The summed E-state index contributed by atoms with van der Waals surface area (Å²) in [5.41, 5.74) is 0.613. The molecule has 118 valence electrons. The number of aliphatic hydroxyl groups is 1. The van der Waals surface area contributed by atoms with Crippen molar-refractivity contribution in [2.75, 3.05) is 27.2 Å². The zero-order valence-corrected chi connectivity index (χ0v) is 13.7. The SMILES string of the molecule is CC(O)c1cccc(S(=O)(=O)N(C)CC2CCCN2C)c1. The van der Waals surface area contributed by atoms with Gasteiger partial charge >= 0.3 is 0 Å². The predicted molar refractivity (Wildman–Crippen MR) is 82.5 cm³/mol. The molecule has 2 unspecified atom stereocenters. The number of sulfonamides is 1. The lowest BCUT2D eigenvalue weighted by molar-refractivity contribution is 0.199. The number of nitrogens with zero attached hydrogens (tertiary/aromatic N) is 2. The summed E-state index contributed by atoms with van der Waals surface area (Å²) in [6.07, 6.45) is 1.47. The number of benzene rings is 1. The van der Waals surface area contributed by atoms with E-state index in [1.54, 1.807) is 38.2 Å². The molecule has 5 nitrogen and oxygen atoms in total. The molecule has 0 radical (unpaired) electrons. The van der Waals surface area contributed by atoms with Crippen molar-refractivity contribution in [3.05, 3.63) is 29.8 Å². The van der Waals surface area contributed by atoms with E-state index < -0.39 is 16.1 Å². The van der Waals surface area contributed by atoms with Crippen LogP contribution in [0.4, 0.5) is 0 Å². The monoisotopic (exact) mass is 312 g/mol. The molecule has 0 bridgehead atoms. The molecule has 0 aliphatic carbocycles. The van der Waals surface area contributed by atoms with E-state index >= 15 is 0 Å². The number of likely N-dealkylation sites (N-methyl/N-ethyl adjacent to an activating group) is 2. The van der Waals surface area contributed by atoms with Gasteiger partial charge in [0.2, 0.25) is 10.0 Å². The maximum absolute atomic E-state index is 12.6. The number of hydrogen-bond donors (Lipinski definition) is 1. The van der Waals surface area contributed by atoms with Crippen LogP contribution >= 0.6 is 0 Å². The third-order valence-electron chi connectivity index (χ3n) is 4.19. The Bertz CT molecular complexity index is 586. The molecule has 0 saturated carbocycles. The summed E-state index contributed by atoms with van der Waals surface area (Å²) < 4.78 is 26.7. The third kappa shape index (κ3) is 3.63. The maximum atomic E-state index is 12.6. The van der Waals surface area contributed by atoms with Crippen molar-refractivity contribution in [2.24, 2.45) is 0 Å². The van der Waals surface area contributed by atoms with Crippen molar-refractivity contribution in [3.8, 4) is 0 Å². The van der Waals surface area contributed by atoms with Gasteiger partial charge in [-0.15, -0.1) is 0 Å². The largest absolute Gasteiger partial charge is 0.389 e. The van der Waals surface area contributed by atoms with E-state index in [2.05, 4.69) is 4.90 Å².